The third kappa shape index (κ3) is 6.34. The summed E-state index contributed by atoms with van der Waals surface area (Å²) in [6, 6.07) is 0. The minimum atomic E-state index is -8.84. The summed E-state index contributed by atoms with van der Waals surface area (Å²) >= 11 is 4.92. The van der Waals surface area contributed by atoms with Crippen LogP contribution in [0.25, 0.3) is 0 Å². The molecule has 0 amide bonds. The highest BCUT2D eigenvalue weighted by Gasteiger charge is 2.95. The fourth-order valence-corrected chi connectivity index (χ4v) is 3.17. The van der Waals surface area contributed by atoms with Crippen LogP contribution in [0.15, 0.2) is 0 Å². The predicted molar refractivity (Wildman–Crippen MR) is 93.0 cm³/mol. The van der Waals surface area contributed by atoms with E-state index in [1.54, 1.807) is 0 Å². The van der Waals surface area contributed by atoms with E-state index in [9.17, 15) is 79.2 Å². The number of rotatable bonds is 16. The number of halogens is 18. The first-order valence-corrected chi connectivity index (χ1v) is 11.5. The van der Waals surface area contributed by atoms with Crippen LogP contribution in [-0.2, 0) is 13.6 Å². The van der Waals surface area contributed by atoms with Gasteiger partial charge in [0, 0.05) is 0 Å². The lowest BCUT2D eigenvalue weighted by atomic mass is 9.87. The number of phosphoric acid groups is 1. The van der Waals surface area contributed by atoms with Crippen LogP contribution < -0.4 is 0 Å². The molecule has 5 nitrogen and oxygen atoms in total. The van der Waals surface area contributed by atoms with Crippen molar-refractivity contribution in [3.8, 4) is 0 Å². The van der Waals surface area contributed by atoms with E-state index < -0.39 is 93.0 Å². The largest absolute Gasteiger partial charge is 0.477 e. The molecule has 0 fully saturated rings. The summed E-state index contributed by atoms with van der Waals surface area (Å²) in [4.78, 5) is 8.83. The molecule has 0 radical (unpaired) electrons. The summed E-state index contributed by atoms with van der Waals surface area (Å²) in [5.41, 5.74) is 0. The molecule has 0 aliphatic heterocycles. The predicted octanol–water partition coefficient (Wildman–Crippen LogP) is 6.90. The van der Waals surface area contributed by atoms with Crippen LogP contribution in [-0.4, -0.2) is 82.3 Å². The van der Waals surface area contributed by atoms with Gasteiger partial charge in [0.25, 0.3) is 0 Å². The lowest BCUT2D eigenvalue weighted by Crippen LogP contribution is -2.75. The van der Waals surface area contributed by atoms with E-state index >= 15 is 0 Å². The van der Waals surface area contributed by atoms with Crippen LogP contribution in [0.5, 0.6) is 0 Å². The molecule has 0 aromatic heterocycles. The van der Waals surface area contributed by atoms with Crippen LogP contribution in [0.4, 0.5) is 74.6 Å². The highest BCUT2D eigenvalue weighted by Crippen LogP contribution is 2.65. The Labute approximate surface area is 210 Å². The zero-order valence-electron chi connectivity index (χ0n) is 18.4. The second-order valence-corrected chi connectivity index (χ2v) is 9.19. The Morgan fingerprint density at radius 2 is 1.10 bits per heavy atom. The minimum absolute atomic E-state index is 0.739. The average Bonchev–Trinajstić information content (AvgIpc) is 2.75. The van der Waals surface area contributed by atoms with E-state index in [0.717, 1.165) is 6.92 Å². The van der Waals surface area contributed by atoms with Gasteiger partial charge >= 0.3 is 55.4 Å². The van der Waals surface area contributed by atoms with Crippen LogP contribution in [0.2, 0.25) is 0 Å². The molecule has 39 heavy (non-hydrogen) atoms. The number of aliphatic hydroxyl groups is 1. The van der Waals surface area contributed by atoms with Gasteiger partial charge in [0.05, 0.1) is 18.6 Å². The SMILES string of the molecule is CCCC(F)C(F)(F)C(F)(F)C(F)(F)C(F)(F)C(F)(F)C(F)(F)C(F)(F)C(F)(F)OP(=O)(O)OCC(O)CCl. The topological polar surface area (TPSA) is 76.0 Å². The van der Waals surface area contributed by atoms with Crippen LogP contribution in [0, 0.1) is 0 Å². The quantitative estimate of drug-likeness (QED) is 0.107. The molecule has 0 aliphatic carbocycles. The molecule has 3 atom stereocenters. The summed E-state index contributed by atoms with van der Waals surface area (Å²) in [5, 5.41) is 8.88. The van der Waals surface area contributed by atoms with Crippen molar-refractivity contribution in [3.63, 3.8) is 0 Å². The second kappa shape index (κ2) is 11.4. The second-order valence-electron chi connectivity index (χ2n) is 7.51. The van der Waals surface area contributed by atoms with Gasteiger partial charge in [-0.15, -0.1) is 11.6 Å². The molecule has 0 aromatic carbocycles. The Morgan fingerprint density at radius 3 is 1.46 bits per heavy atom. The van der Waals surface area contributed by atoms with E-state index in [1.165, 1.54) is 0 Å². The van der Waals surface area contributed by atoms with E-state index in [0.29, 0.717) is 0 Å². The molecule has 0 heterocycles. The Bertz CT molecular complexity index is 887. The van der Waals surface area contributed by atoms with Crippen molar-refractivity contribution >= 4 is 19.4 Å². The highest BCUT2D eigenvalue weighted by atomic mass is 35.5. The van der Waals surface area contributed by atoms with Gasteiger partial charge in [0.15, 0.2) is 6.17 Å². The van der Waals surface area contributed by atoms with Crippen molar-refractivity contribution in [1.82, 2.24) is 0 Å². The zero-order valence-corrected chi connectivity index (χ0v) is 20.0. The van der Waals surface area contributed by atoms with Crippen LogP contribution >= 0.6 is 19.4 Å². The average molecular weight is 665 g/mol. The molecule has 0 saturated heterocycles. The van der Waals surface area contributed by atoms with Gasteiger partial charge < -0.3 is 10.00 Å². The first kappa shape index (κ1) is 38.2. The lowest BCUT2D eigenvalue weighted by Gasteiger charge is -2.43. The highest BCUT2D eigenvalue weighted by molar-refractivity contribution is 7.47. The summed E-state index contributed by atoms with van der Waals surface area (Å²) < 4.78 is 249. The maximum Gasteiger partial charge on any atom is 0.477 e. The summed E-state index contributed by atoms with van der Waals surface area (Å²) in [6.45, 7) is -0.949. The maximum atomic E-state index is 13.8. The number of aliphatic hydroxyl groups excluding tert-OH is 1. The molecule has 3 unspecified atom stereocenters. The number of hydrogen-bond acceptors (Lipinski definition) is 4. The Morgan fingerprint density at radius 1 is 0.744 bits per heavy atom. The van der Waals surface area contributed by atoms with Crippen LogP contribution in [0.1, 0.15) is 19.8 Å². The van der Waals surface area contributed by atoms with Gasteiger partial charge in [0.2, 0.25) is 0 Å². The first-order valence-electron chi connectivity index (χ1n) is 9.48. The molecule has 0 saturated carbocycles. The number of hydrogen-bond donors (Lipinski definition) is 2. The molecule has 0 aliphatic rings. The fourth-order valence-electron chi connectivity index (χ4n) is 2.27. The van der Waals surface area contributed by atoms with Gasteiger partial charge in [-0.2, -0.15) is 70.2 Å². The number of phosphoric ester groups is 1. The van der Waals surface area contributed by atoms with E-state index in [4.69, 9.17) is 21.6 Å². The van der Waals surface area contributed by atoms with Gasteiger partial charge in [-0.05, 0) is 6.42 Å². The molecule has 2 N–H and O–H groups in total. The first-order chi connectivity index (χ1) is 16.9. The summed E-state index contributed by atoms with van der Waals surface area (Å²) in [6.07, 6.45) is -16.9. The molecule has 24 heteroatoms. The molecular formula is C15H15ClF17O5P. The van der Waals surface area contributed by atoms with Crippen molar-refractivity contribution < 1.29 is 98.2 Å². The molecule has 0 bridgehead atoms. The number of alkyl halides is 18. The summed E-state index contributed by atoms with van der Waals surface area (Å²) in [5.74, 6) is -59.3. The third-order valence-electron chi connectivity index (χ3n) is 4.53. The smallest absolute Gasteiger partial charge is 0.389 e. The van der Waals surface area contributed by atoms with Crippen LogP contribution in [0.3, 0.4) is 0 Å². The fraction of sp³-hybridized carbons (Fsp3) is 1.00. The van der Waals surface area contributed by atoms with Crippen molar-refractivity contribution in [2.75, 3.05) is 12.5 Å². The van der Waals surface area contributed by atoms with Gasteiger partial charge in [-0.25, -0.2) is 13.5 Å². The maximum absolute atomic E-state index is 13.8. The molecule has 0 spiro atoms. The molecule has 0 rings (SSSR count). The minimum Gasteiger partial charge on any atom is -0.389 e. The standard InChI is InChI=1S/C15H15ClF17O5P/c1-2-3-7(17)8(18,19)9(20,21)10(22,23)11(24,25)12(26,27)13(28,29)14(30,31)15(32,33)38-39(35,36)37-5-6(34)4-16/h6-7,34H,2-5H2,1H3,(H,35,36). The summed E-state index contributed by atoms with van der Waals surface area (Å²) in [7, 11) is -6.86. The normalized spacial score (nSPS) is 18.6. The monoisotopic (exact) mass is 664 g/mol. The van der Waals surface area contributed by atoms with Crippen molar-refractivity contribution in [2.24, 2.45) is 0 Å². The zero-order chi connectivity index (χ0) is 31.9. The van der Waals surface area contributed by atoms with E-state index in [2.05, 4.69) is 9.05 Å². The van der Waals surface area contributed by atoms with Gasteiger partial charge in [-0.1, -0.05) is 13.3 Å². The van der Waals surface area contributed by atoms with Crippen molar-refractivity contribution in [3.05, 3.63) is 0 Å². The molecule has 236 valence electrons. The van der Waals surface area contributed by atoms with Crippen molar-refractivity contribution in [2.45, 2.75) is 79.6 Å². The Hall–Kier alpha value is -0.830. The van der Waals surface area contributed by atoms with Crippen molar-refractivity contribution in [1.29, 1.82) is 0 Å². The molecular weight excluding hydrogens is 650 g/mol. The Kier molecular flexibility index (Phi) is 11.2. The van der Waals surface area contributed by atoms with Gasteiger partial charge in [0.1, 0.15) is 0 Å². The van der Waals surface area contributed by atoms with E-state index in [1.807, 2.05) is 0 Å². The third-order valence-corrected chi connectivity index (χ3v) is 5.82. The van der Waals surface area contributed by atoms with Gasteiger partial charge in [-0.3, -0.25) is 4.52 Å². The lowest BCUT2D eigenvalue weighted by molar-refractivity contribution is -0.467. The Balaban J connectivity index is 6.67. The van der Waals surface area contributed by atoms with E-state index in [-0.39, 0.29) is 0 Å². The molecule has 0 aromatic rings.